The Morgan fingerprint density at radius 1 is 0.725 bits per heavy atom. The molecule has 6 nitrogen and oxygen atoms in total. The number of hydrogen-bond acceptors (Lipinski definition) is 4. The van der Waals surface area contributed by atoms with Gasteiger partial charge in [0.25, 0.3) is 11.8 Å². The molecule has 0 radical (unpaired) electrons. The molecule has 1 unspecified atom stereocenters. The second-order valence-electron chi connectivity index (χ2n) is 9.39. The molecule has 7 heteroatoms. The van der Waals surface area contributed by atoms with Crippen LogP contribution in [-0.2, 0) is 9.59 Å². The first-order valence-corrected chi connectivity index (χ1v) is 13.8. The summed E-state index contributed by atoms with van der Waals surface area (Å²) in [5.74, 6) is -0.958. The van der Waals surface area contributed by atoms with E-state index in [1.165, 1.54) is 11.8 Å². The molecule has 0 fully saturated rings. The van der Waals surface area contributed by atoms with Crippen molar-refractivity contribution in [2.24, 2.45) is 0 Å². The lowest BCUT2D eigenvalue weighted by atomic mass is 10.1. The minimum Gasteiger partial charge on any atom is -0.325 e. The Kier molecular flexibility index (Phi) is 9.54. The Hall–Kier alpha value is -4.62. The Morgan fingerprint density at radius 3 is 2.17 bits per heavy atom. The lowest BCUT2D eigenvalue weighted by Crippen LogP contribution is -2.30. The molecule has 4 aromatic rings. The van der Waals surface area contributed by atoms with Crippen LogP contribution in [-0.4, -0.2) is 23.0 Å². The molecule has 0 aliphatic carbocycles. The van der Waals surface area contributed by atoms with E-state index in [0.29, 0.717) is 11.3 Å². The highest BCUT2D eigenvalue weighted by molar-refractivity contribution is 8.00. The quantitative estimate of drug-likeness (QED) is 0.158. The minimum atomic E-state index is -0.460. The fourth-order valence-corrected chi connectivity index (χ4v) is 4.78. The van der Waals surface area contributed by atoms with Crippen molar-refractivity contribution in [3.8, 4) is 0 Å². The Balaban J connectivity index is 1.47. The van der Waals surface area contributed by atoms with E-state index in [4.69, 9.17) is 0 Å². The number of carbonyl (C=O) groups excluding carboxylic acids is 3. The molecule has 0 saturated carbocycles. The molecule has 3 amide bonds. The van der Waals surface area contributed by atoms with Crippen molar-refractivity contribution >= 4 is 46.9 Å². The molecule has 1 atom stereocenters. The van der Waals surface area contributed by atoms with Gasteiger partial charge in [-0.05, 0) is 74.9 Å². The molecule has 0 aliphatic rings. The molecule has 0 bridgehead atoms. The van der Waals surface area contributed by atoms with Gasteiger partial charge in [-0.2, -0.15) is 0 Å². The smallest absolute Gasteiger partial charge is 0.272 e. The van der Waals surface area contributed by atoms with E-state index in [1.54, 1.807) is 36.4 Å². The Bertz CT molecular complexity index is 1530. The average molecular weight is 550 g/mol. The van der Waals surface area contributed by atoms with E-state index in [-0.39, 0.29) is 22.8 Å². The first-order chi connectivity index (χ1) is 19.3. The standard InChI is InChI=1S/C33H31N3O3S/c1-22-15-17-27(18-16-22)34-31(37)24(3)40-29-14-8-13-28(21-29)35-33(39)30(20-25-10-7-9-23(2)19-25)36-32(38)26-11-5-4-6-12-26/h4-21,24H,1-3H3,(H,34,37)(H,35,39)(H,36,38)/b30-20+. The molecule has 40 heavy (non-hydrogen) atoms. The van der Waals surface area contributed by atoms with Crippen LogP contribution in [0.2, 0.25) is 0 Å². The van der Waals surface area contributed by atoms with Crippen molar-refractivity contribution in [1.29, 1.82) is 0 Å². The zero-order valence-corrected chi connectivity index (χ0v) is 23.4. The lowest BCUT2D eigenvalue weighted by Gasteiger charge is -2.14. The van der Waals surface area contributed by atoms with Gasteiger partial charge in [0.2, 0.25) is 5.91 Å². The normalized spacial score (nSPS) is 11.8. The van der Waals surface area contributed by atoms with Crippen LogP contribution >= 0.6 is 11.8 Å². The first kappa shape index (κ1) is 28.4. The van der Waals surface area contributed by atoms with E-state index < -0.39 is 5.91 Å². The number of thioether (sulfide) groups is 1. The minimum absolute atomic E-state index is 0.114. The summed E-state index contributed by atoms with van der Waals surface area (Å²) in [6.07, 6.45) is 1.65. The summed E-state index contributed by atoms with van der Waals surface area (Å²) < 4.78 is 0. The third-order valence-corrected chi connectivity index (χ3v) is 7.07. The predicted octanol–water partition coefficient (Wildman–Crippen LogP) is 6.83. The zero-order chi connectivity index (χ0) is 28.5. The van der Waals surface area contributed by atoms with Gasteiger partial charge in [-0.1, -0.05) is 71.8 Å². The van der Waals surface area contributed by atoms with Crippen molar-refractivity contribution < 1.29 is 14.4 Å². The van der Waals surface area contributed by atoms with Gasteiger partial charge < -0.3 is 16.0 Å². The van der Waals surface area contributed by atoms with Crippen LogP contribution in [0, 0.1) is 13.8 Å². The van der Waals surface area contributed by atoms with Gasteiger partial charge in [0.05, 0.1) is 5.25 Å². The van der Waals surface area contributed by atoms with Gasteiger partial charge in [-0.25, -0.2) is 0 Å². The molecule has 0 aliphatic heterocycles. The highest BCUT2D eigenvalue weighted by Crippen LogP contribution is 2.27. The van der Waals surface area contributed by atoms with Crippen LogP contribution < -0.4 is 16.0 Å². The number of aryl methyl sites for hydroxylation is 2. The van der Waals surface area contributed by atoms with E-state index >= 15 is 0 Å². The molecule has 0 saturated heterocycles. The number of carbonyl (C=O) groups is 3. The van der Waals surface area contributed by atoms with Crippen LogP contribution in [0.5, 0.6) is 0 Å². The summed E-state index contributed by atoms with van der Waals surface area (Å²) in [6, 6.07) is 31.3. The maximum atomic E-state index is 13.4. The highest BCUT2D eigenvalue weighted by Gasteiger charge is 2.17. The summed E-state index contributed by atoms with van der Waals surface area (Å²) in [5, 5.41) is 8.21. The van der Waals surface area contributed by atoms with Crippen LogP contribution in [0.3, 0.4) is 0 Å². The maximum Gasteiger partial charge on any atom is 0.272 e. The van der Waals surface area contributed by atoms with Gasteiger partial charge in [0.1, 0.15) is 5.70 Å². The summed E-state index contributed by atoms with van der Waals surface area (Å²) >= 11 is 1.39. The molecule has 202 valence electrons. The van der Waals surface area contributed by atoms with E-state index in [0.717, 1.165) is 27.3 Å². The molecule has 0 heterocycles. The van der Waals surface area contributed by atoms with Crippen LogP contribution in [0.25, 0.3) is 6.08 Å². The fourth-order valence-electron chi connectivity index (χ4n) is 3.85. The Labute approximate surface area is 238 Å². The van der Waals surface area contributed by atoms with Gasteiger partial charge in [-0.15, -0.1) is 11.8 Å². The monoisotopic (exact) mass is 549 g/mol. The summed E-state index contributed by atoms with van der Waals surface area (Å²) in [4.78, 5) is 39.8. The Morgan fingerprint density at radius 2 is 1.45 bits per heavy atom. The molecular formula is C33H31N3O3S. The SMILES string of the molecule is Cc1ccc(NC(=O)C(C)Sc2cccc(NC(=O)/C(=C\c3cccc(C)c3)NC(=O)c3ccccc3)c2)cc1. The van der Waals surface area contributed by atoms with Crippen molar-refractivity contribution in [2.75, 3.05) is 10.6 Å². The third-order valence-electron chi connectivity index (χ3n) is 5.98. The van der Waals surface area contributed by atoms with Crippen LogP contribution in [0.1, 0.15) is 34.0 Å². The fraction of sp³-hybridized carbons (Fsp3) is 0.121. The van der Waals surface area contributed by atoms with E-state index in [1.807, 2.05) is 93.6 Å². The van der Waals surface area contributed by atoms with Crippen molar-refractivity contribution in [3.05, 3.63) is 131 Å². The van der Waals surface area contributed by atoms with Crippen molar-refractivity contribution in [2.45, 2.75) is 30.9 Å². The number of benzene rings is 4. The number of amides is 3. The number of hydrogen-bond donors (Lipinski definition) is 3. The van der Waals surface area contributed by atoms with Crippen LogP contribution in [0.15, 0.2) is 114 Å². The van der Waals surface area contributed by atoms with E-state index in [2.05, 4.69) is 16.0 Å². The van der Waals surface area contributed by atoms with Crippen LogP contribution in [0.4, 0.5) is 11.4 Å². The largest absolute Gasteiger partial charge is 0.325 e. The van der Waals surface area contributed by atoms with Gasteiger partial charge >= 0.3 is 0 Å². The van der Waals surface area contributed by atoms with Gasteiger partial charge in [0.15, 0.2) is 0 Å². The molecule has 0 spiro atoms. The molecule has 4 aromatic carbocycles. The maximum absolute atomic E-state index is 13.4. The second-order valence-corrected chi connectivity index (χ2v) is 10.8. The zero-order valence-electron chi connectivity index (χ0n) is 22.6. The number of nitrogens with one attached hydrogen (secondary N) is 3. The average Bonchev–Trinajstić information content (AvgIpc) is 2.94. The topological polar surface area (TPSA) is 87.3 Å². The van der Waals surface area contributed by atoms with Gasteiger partial charge in [0, 0.05) is 21.8 Å². The van der Waals surface area contributed by atoms with Gasteiger partial charge in [-0.3, -0.25) is 14.4 Å². The molecule has 3 N–H and O–H groups in total. The lowest BCUT2D eigenvalue weighted by molar-refractivity contribution is -0.115. The number of anilines is 2. The summed E-state index contributed by atoms with van der Waals surface area (Å²) in [6.45, 7) is 5.79. The molecule has 0 aromatic heterocycles. The highest BCUT2D eigenvalue weighted by atomic mass is 32.2. The summed E-state index contributed by atoms with van der Waals surface area (Å²) in [7, 11) is 0. The third kappa shape index (κ3) is 8.19. The number of rotatable bonds is 9. The molecular weight excluding hydrogens is 518 g/mol. The second kappa shape index (κ2) is 13.4. The van der Waals surface area contributed by atoms with E-state index in [9.17, 15) is 14.4 Å². The first-order valence-electron chi connectivity index (χ1n) is 12.9. The van der Waals surface area contributed by atoms with Crippen molar-refractivity contribution in [3.63, 3.8) is 0 Å². The molecule has 4 rings (SSSR count). The van der Waals surface area contributed by atoms with Crippen molar-refractivity contribution in [1.82, 2.24) is 5.32 Å². The predicted molar refractivity (Wildman–Crippen MR) is 163 cm³/mol. The summed E-state index contributed by atoms with van der Waals surface area (Å²) in [5.41, 5.74) is 4.80.